The highest BCUT2D eigenvalue weighted by molar-refractivity contribution is 6.21. The Kier molecular flexibility index (Phi) is 4.19. The van der Waals surface area contributed by atoms with Gasteiger partial charge in [-0.2, -0.15) is 0 Å². The lowest BCUT2D eigenvalue weighted by atomic mass is 9.88. The third-order valence-electron chi connectivity index (χ3n) is 4.22. The van der Waals surface area contributed by atoms with Crippen LogP contribution in [0.2, 0.25) is 0 Å². The second-order valence-electron chi connectivity index (χ2n) is 5.86. The number of fused-ring (bicyclic) bond motifs is 1. The van der Waals surface area contributed by atoms with Crippen LogP contribution in [0.5, 0.6) is 0 Å². The van der Waals surface area contributed by atoms with E-state index in [2.05, 4.69) is 20.8 Å². The van der Waals surface area contributed by atoms with Crippen molar-refractivity contribution in [2.45, 2.75) is 32.6 Å². The maximum Gasteiger partial charge on any atom is 0.260 e. The van der Waals surface area contributed by atoms with Crippen LogP contribution < -0.4 is 0 Å². The lowest BCUT2D eigenvalue weighted by molar-refractivity contribution is -0.127. The van der Waals surface area contributed by atoms with Gasteiger partial charge >= 0.3 is 0 Å². The van der Waals surface area contributed by atoms with Crippen LogP contribution in [0.3, 0.4) is 0 Å². The Balaban J connectivity index is 2.37. The van der Waals surface area contributed by atoms with Crippen LogP contribution in [-0.2, 0) is 11.2 Å². The number of rotatable bonds is 3. The third kappa shape index (κ3) is 2.59. The molecule has 0 spiro atoms. The molecule has 2 unspecified atom stereocenters. The fraction of sp³-hybridized carbons (Fsp3) is 0.500. The van der Waals surface area contributed by atoms with Gasteiger partial charge in [0.25, 0.3) is 5.91 Å². The number of carbonyl (C=O) groups excluding carboxylic acids is 2. The number of imide groups is 1. The van der Waals surface area contributed by atoms with Crippen molar-refractivity contribution < 1.29 is 9.59 Å². The summed E-state index contributed by atoms with van der Waals surface area (Å²) in [6.45, 7) is 6.38. The van der Waals surface area contributed by atoms with Crippen molar-refractivity contribution in [1.29, 1.82) is 0 Å². The maximum atomic E-state index is 12.2. The van der Waals surface area contributed by atoms with Gasteiger partial charge in [-0.25, -0.2) is 0 Å². The molecule has 0 radical (unpaired) electrons. The van der Waals surface area contributed by atoms with Gasteiger partial charge in [-0.05, 0) is 29.0 Å². The molecule has 1 aromatic carbocycles. The normalized spacial score (nSPS) is 18.2. The largest absolute Gasteiger partial charge is 0.281 e. The quantitative estimate of drug-likeness (QED) is 0.632. The maximum absolute atomic E-state index is 12.2. The average Bonchev–Trinajstić information content (AvgIpc) is 2.43. The Morgan fingerprint density at radius 2 is 1.85 bits per heavy atom. The van der Waals surface area contributed by atoms with Crippen molar-refractivity contribution in [3.8, 4) is 0 Å². The number of hydrogen-bond donors (Lipinski definition) is 0. The van der Waals surface area contributed by atoms with Gasteiger partial charge in [0.2, 0.25) is 5.91 Å². The molecule has 0 saturated heterocycles. The summed E-state index contributed by atoms with van der Waals surface area (Å²) in [5.74, 6) is 0.383. The highest BCUT2D eigenvalue weighted by Crippen LogP contribution is 2.35. The number of hydrogen-bond acceptors (Lipinski definition) is 2. The highest BCUT2D eigenvalue weighted by Gasteiger charge is 2.29. The van der Waals surface area contributed by atoms with Crippen molar-refractivity contribution in [2.24, 2.45) is 11.8 Å². The summed E-state index contributed by atoms with van der Waals surface area (Å²) in [6.07, 6.45) is 0.282. The average molecular weight is 294 g/mol. The van der Waals surface area contributed by atoms with Crippen molar-refractivity contribution in [3.63, 3.8) is 0 Å². The second kappa shape index (κ2) is 5.57. The minimum Gasteiger partial charge on any atom is -0.281 e. The molecule has 1 aliphatic rings. The molecule has 0 bridgehead atoms. The second-order valence-corrected chi connectivity index (χ2v) is 6.33. The van der Waals surface area contributed by atoms with Gasteiger partial charge < -0.3 is 0 Å². The van der Waals surface area contributed by atoms with E-state index < -0.39 is 0 Å². The molecule has 0 saturated carbocycles. The zero-order valence-electron chi connectivity index (χ0n) is 12.3. The molecule has 1 heterocycles. The summed E-state index contributed by atoms with van der Waals surface area (Å²) < 4.78 is 0. The minimum absolute atomic E-state index is 0.129. The van der Waals surface area contributed by atoms with E-state index in [9.17, 15) is 9.59 Å². The number of amides is 2. The predicted molar refractivity (Wildman–Crippen MR) is 79.8 cm³/mol. The van der Waals surface area contributed by atoms with Crippen LogP contribution in [0, 0.1) is 11.8 Å². The number of likely N-dealkylation sites (N-methyl/N-ethyl adjacent to an activating group) is 1. The third-order valence-corrected chi connectivity index (χ3v) is 4.87. The molecule has 0 N–H and O–H groups in total. The molecule has 20 heavy (non-hydrogen) atoms. The molecule has 0 fully saturated rings. The summed E-state index contributed by atoms with van der Waals surface area (Å²) >= 11 is 6.52. The van der Waals surface area contributed by atoms with Crippen LogP contribution >= 0.6 is 11.6 Å². The standard InChI is InChI=1S/C16H20ClNO2/c1-9(2)10(3)15(17)12-6-5-11-8-14(19)18(4)16(20)13(11)7-12/h5-7,9-10,15H,8H2,1-4H3. The predicted octanol–water partition coefficient (Wildman–Crippen LogP) is 3.41. The lowest BCUT2D eigenvalue weighted by Crippen LogP contribution is -2.39. The smallest absolute Gasteiger partial charge is 0.260 e. The summed E-state index contributed by atoms with van der Waals surface area (Å²) in [6, 6.07) is 5.63. The van der Waals surface area contributed by atoms with Gasteiger partial charge in [0.1, 0.15) is 0 Å². The van der Waals surface area contributed by atoms with E-state index >= 15 is 0 Å². The van der Waals surface area contributed by atoms with Crippen LogP contribution in [0.15, 0.2) is 18.2 Å². The van der Waals surface area contributed by atoms with Crippen LogP contribution in [0.25, 0.3) is 0 Å². The summed E-state index contributed by atoms with van der Waals surface area (Å²) in [7, 11) is 1.52. The van der Waals surface area contributed by atoms with E-state index in [0.717, 1.165) is 11.1 Å². The molecule has 2 atom stereocenters. The monoisotopic (exact) mass is 293 g/mol. The van der Waals surface area contributed by atoms with Crippen LogP contribution in [0.1, 0.15) is 47.6 Å². The highest BCUT2D eigenvalue weighted by atomic mass is 35.5. The summed E-state index contributed by atoms with van der Waals surface area (Å²) in [4.78, 5) is 25.0. The van der Waals surface area contributed by atoms with Gasteiger partial charge in [0.05, 0.1) is 11.8 Å². The molecule has 0 aromatic heterocycles. The number of nitrogens with zero attached hydrogens (tertiary/aromatic N) is 1. The number of alkyl halides is 1. The summed E-state index contributed by atoms with van der Waals surface area (Å²) in [5.41, 5.74) is 2.34. The summed E-state index contributed by atoms with van der Waals surface area (Å²) in [5, 5.41) is -0.129. The molecule has 4 heteroatoms. The molecule has 1 aromatic rings. The van der Waals surface area contributed by atoms with E-state index in [4.69, 9.17) is 11.6 Å². The topological polar surface area (TPSA) is 37.4 Å². The van der Waals surface area contributed by atoms with Gasteiger partial charge in [-0.15, -0.1) is 11.6 Å². The fourth-order valence-electron chi connectivity index (χ4n) is 2.34. The zero-order chi connectivity index (χ0) is 15.0. The Bertz CT molecular complexity index is 553. The van der Waals surface area contributed by atoms with Gasteiger partial charge in [-0.1, -0.05) is 32.9 Å². The molecule has 2 rings (SSSR count). The number of halogens is 1. The first kappa shape index (κ1) is 15.0. The Hall–Kier alpha value is -1.35. The molecular formula is C16H20ClNO2. The van der Waals surface area contributed by atoms with Crippen molar-refractivity contribution in [3.05, 3.63) is 34.9 Å². The zero-order valence-corrected chi connectivity index (χ0v) is 13.1. The Morgan fingerprint density at radius 1 is 1.20 bits per heavy atom. The first-order valence-corrected chi connectivity index (χ1v) is 7.34. The van der Waals surface area contributed by atoms with Crippen molar-refractivity contribution >= 4 is 23.4 Å². The molecular weight excluding hydrogens is 274 g/mol. The van der Waals surface area contributed by atoms with E-state index in [1.807, 2.05) is 18.2 Å². The van der Waals surface area contributed by atoms with Crippen molar-refractivity contribution in [1.82, 2.24) is 4.90 Å². The van der Waals surface area contributed by atoms with E-state index in [-0.39, 0.29) is 23.6 Å². The van der Waals surface area contributed by atoms with Gasteiger partial charge in [0.15, 0.2) is 0 Å². The number of carbonyl (C=O) groups is 2. The SMILES string of the molecule is CC(C)C(C)C(Cl)c1ccc2c(c1)C(=O)N(C)C(=O)C2. The van der Waals surface area contributed by atoms with Crippen LogP contribution in [0.4, 0.5) is 0 Å². The molecule has 0 aliphatic carbocycles. The van der Waals surface area contributed by atoms with Gasteiger partial charge in [-0.3, -0.25) is 14.5 Å². The Morgan fingerprint density at radius 3 is 2.45 bits per heavy atom. The Labute approximate surface area is 124 Å². The molecule has 3 nitrogen and oxygen atoms in total. The van der Waals surface area contributed by atoms with Crippen molar-refractivity contribution in [2.75, 3.05) is 7.05 Å². The first-order chi connectivity index (χ1) is 9.32. The van der Waals surface area contributed by atoms with Crippen LogP contribution in [-0.4, -0.2) is 23.8 Å². The number of benzene rings is 1. The lowest BCUT2D eigenvalue weighted by Gasteiger charge is -2.26. The fourth-order valence-corrected chi connectivity index (χ4v) is 2.76. The van der Waals surface area contributed by atoms with Gasteiger partial charge in [0, 0.05) is 12.6 Å². The van der Waals surface area contributed by atoms with E-state index in [0.29, 0.717) is 17.4 Å². The van der Waals surface area contributed by atoms with E-state index in [1.54, 1.807) is 0 Å². The van der Waals surface area contributed by atoms with E-state index in [1.165, 1.54) is 11.9 Å². The first-order valence-electron chi connectivity index (χ1n) is 6.90. The molecule has 1 aliphatic heterocycles. The minimum atomic E-state index is -0.237. The molecule has 2 amide bonds. The molecule has 108 valence electrons.